The third-order valence-corrected chi connectivity index (χ3v) is 5.18. The van der Waals surface area contributed by atoms with E-state index in [1.54, 1.807) is 12.1 Å². The molecule has 4 nitrogen and oxygen atoms in total. The van der Waals surface area contributed by atoms with E-state index in [-0.39, 0.29) is 5.75 Å². The van der Waals surface area contributed by atoms with Gasteiger partial charge in [0.05, 0.1) is 13.2 Å². The molecule has 0 amide bonds. The Kier molecular flexibility index (Phi) is 7.02. The maximum absolute atomic E-state index is 12.3. The molecular weight excluding hydrogens is 326 g/mol. The molecular formula is C19H28F2N2O2. The Balaban J connectivity index is 1.56. The van der Waals surface area contributed by atoms with Crippen molar-refractivity contribution < 1.29 is 18.3 Å². The summed E-state index contributed by atoms with van der Waals surface area (Å²) in [7, 11) is 0. The first-order chi connectivity index (χ1) is 12.2. The summed E-state index contributed by atoms with van der Waals surface area (Å²) in [4.78, 5) is 5.02. The molecule has 0 unspecified atom stereocenters. The fourth-order valence-corrected chi connectivity index (χ4v) is 3.77. The second-order valence-electron chi connectivity index (χ2n) is 6.89. The van der Waals surface area contributed by atoms with Crippen molar-refractivity contribution >= 4 is 0 Å². The predicted octanol–water partition coefficient (Wildman–Crippen LogP) is 3.36. The molecule has 2 fully saturated rings. The second kappa shape index (κ2) is 9.46. The summed E-state index contributed by atoms with van der Waals surface area (Å²) in [5, 5.41) is 0. The molecule has 0 aromatic heterocycles. The third-order valence-electron chi connectivity index (χ3n) is 5.18. The lowest BCUT2D eigenvalue weighted by Crippen LogP contribution is -2.43. The molecule has 1 saturated heterocycles. The van der Waals surface area contributed by atoms with Gasteiger partial charge in [-0.2, -0.15) is 8.78 Å². The van der Waals surface area contributed by atoms with Crippen molar-refractivity contribution in [3.05, 3.63) is 29.8 Å². The number of alkyl halides is 2. The Labute approximate surface area is 148 Å². The highest BCUT2D eigenvalue weighted by molar-refractivity contribution is 5.27. The van der Waals surface area contributed by atoms with Crippen LogP contribution < -0.4 is 4.74 Å². The van der Waals surface area contributed by atoms with Crippen LogP contribution in [0.25, 0.3) is 0 Å². The van der Waals surface area contributed by atoms with Gasteiger partial charge in [0.2, 0.25) is 0 Å². The van der Waals surface area contributed by atoms with E-state index in [4.69, 9.17) is 4.74 Å². The number of hydrogen-bond acceptors (Lipinski definition) is 4. The molecule has 2 aliphatic rings. The van der Waals surface area contributed by atoms with Crippen molar-refractivity contribution in [1.82, 2.24) is 9.80 Å². The predicted molar refractivity (Wildman–Crippen MR) is 93.0 cm³/mol. The van der Waals surface area contributed by atoms with Crippen LogP contribution in [0.15, 0.2) is 24.3 Å². The normalized spacial score (nSPS) is 19.8. The zero-order valence-corrected chi connectivity index (χ0v) is 14.7. The van der Waals surface area contributed by atoms with Crippen molar-refractivity contribution in [1.29, 1.82) is 0 Å². The average Bonchev–Trinajstić information content (AvgIpc) is 3.15. The first-order valence-electron chi connectivity index (χ1n) is 9.28. The molecule has 1 aliphatic heterocycles. The minimum absolute atomic E-state index is 0.222. The lowest BCUT2D eigenvalue weighted by atomic mass is 10.1. The fraction of sp³-hybridized carbons (Fsp3) is 0.684. The molecule has 0 atom stereocenters. The number of ether oxygens (including phenoxy) is 2. The van der Waals surface area contributed by atoms with E-state index in [1.165, 1.54) is 25.7 Å². The monoisotopic (exact) mass is 354 g/mol. The SMILES string of the molecule is FC(F)Oc1ccc(CN(CCN2CCOCC2)C2CCCC2)cc1. The van der Waals surface area contributed by atoms with Crippen LogP contribution in [0.4, 0.5) is 8.78 Å². The van der Waals surface area contributed by atoms with Crippen LogP contribution in [-0.4, -0.2) is 61.8 Å². The van der Waals surface area contributed by atoms with Crippen LogP contribution in [0.1, 0.15) is 31.2 Å². The molecule has 3 rings (SSSR count). The largest absolute Gasteiger partial charge is 0.435 e. The minimum atomic E-state index is -2.77. The van der Waals surface area contributed by atoms with E-state index in [0.29, 0.717) is 6.04 Å². The Bertz CT molecular complexity index is 501. The molecule has 0 spiro atoms. The Hall–Kier alpha value is -1.24. The van der Waals surface area contributed by atoms with E-state index in [1.807, 2.05) is 12.1 Å². The highest BCUT2D eigenvalue weighted by Crippen LogP contribution is 2.25. The van der Waals surface area contributed by atoms with Gasteiger partial charge in [-0.1, -0.05) is 25.0 Å². The standard InChI is InChI=1S/C19H28F2N2O2/c20-19(21)25-18-7-5-16(6-8-18)15-23(17-3-1-2-4-17)10-9-22-11-13-24-14-12-22/h5-8,17,19H,1-4,9-15H2. The second-order valence-corrected chi connectivity index (χ2v) is 6.89. The molecule has 0 radical (unpaired) electrons. The fourth-order valence-electron chi connectivity index (χ4n) is 3.77. The van der Waals surface area contributed by atoms with Crippen molar-refractivity contribution in [2.24, 2.45) is 0 Å². The molecule has 1 aliphatic carbocycles. The van der Waals surface area contributed by atoms with E-state index in [9.17, 15) is 8.78 Å². The summed E-state index contributed by atoms with van der Waals surface area (Å²) in [6.07, 6.45) is 5.13. The number of halogens is 2. The number of rotatable bonds is 8. The van der Waals surface area contributed by atoms with Gasteiger partial charge in [-0.05, 0) is 30.5 Å². The van der Waals surface area contributed by atoms with Gasteiger partial charge in [0.1, 0.15) is 5.75 Å². The van der Waals surface area contributed by atoms with Gasteiger partial charge in [-0.3, -0.25) is 9.80 Å². The van der Waals surface area contributed by atoms with Crippen LogP contribution in [0.5, 0.6) is 5.75 Å². The first-order valence-corrected chi connectivity index (χ1v) is 9.28. The van der Waals surface area contributed by atoms with Crippen molar-refractivity contribution in [2.45, 2.75) is 44.9 Å². The maximum Gasteiger partial charge on any atom is 0.387 e. The van der Waals surface area contributed by atoms with Crippen LogP contribution in [0.2, 0.25) is 0 Å². The maximum atomic E-state index is 12.3. The summed E-state index contributed by atoms with van der Waals surface area (Å²) in [6.45, 7) is 3.88. The molecule has 25 heavy (non-hydrogen) atoms. The topological polar surface area (TPSA) is 24.9 Å². The quantitative estimate of drug-likeness (QED) is 0.715. The van der Waals surface area contributed by atoms with E-state index in [0.717, 1.165) is 51.5 Å². The summed E-state index contributed by atoms with van der Waals surface area (Å²) < 4.78 is 34.4. The zero-order chi connectivity index (χ0) is 17.5. The van der Waals surface area contributed by atoms with E-state index >= 15 is 0 Å². The Morgan fingerprint density at radius 2 is 1.80 bits per heavy atom. The van der Waals surface area contributed by atoms with Gasteiger partial charge in [-0.25, -0.2) is 0 Å². The lowest BCUT2D eigenvalue weighted by Gasteiger charge is -2.33. The molecule has 1 heterocycles. The average molecular weight is 354 g/mol. The van der Waals surface area contributed by atoms with E-state index in [2.05, 4.69) is 14.5 Å². The van der Waals surface area contributed by atoms with Crippen LogP contribution in [-0.2, 0) is 11.3 Å². The van der Waals surface area contributed by atoms with E-state index < -0.39 is 6.61 Å². The summed E-state index contributed by atoms with van der Waals surface area (Å²) in [5.41, 5.74) is 1.15. The summed E-state index contributed by atoms with van der Waals surface area (Å²) in [6, 6.07) is 7.70. The summed E-state index contributed by atoms with van der Waals surface area (Å²) in [5.74, 6) is 0.222. The minimum Gasteiger partial charge on any atom is -0.435 e. The third kappa shape index (κ3) is 5.90. The van der Waals surface area contributed by atoms with Crippen molar-refractivity contribution in [2.75, 3.05) is 39.4 Å². The Morgan fingerprint density at radius 3 is 2.44 bits per heavy atom. The molecule has 1 aromatic carbocycles. The van der Waals surface area contributed by atoms with Gasteiger partial charge >= 0.3 is 6.61 Å². The lowest BCUT2D eigenvalue weighted by molar-refractivity contribution is -0.0498. The highest BCUT2D eigenvalue weighted by Gasteiger charge is 2.23. The van der Waals surface area contributed by atoms with Crippen LogP contribution in [0.3, 0.4) is 0 Å². The van der Waals surface area contributed by atoms with Crippen LogP contribution >= 0.6 is 0 Å². The molecule has 0 bridgehead atoms. The molecule has 0 N–H and O–H groups in total. The van der Waals surface area contributed by atoms with Crippen molar-refractivity contribution in [3.8, 4) is 5.75 Å². The number of hydrogen-bond donors (Lipinski definition) is 0. The summed E-state index contributed by atoms with van der Waals surface area (Å²) >= 11 is 0. The highest BCUT2D eigenvalue weighted by atomic mass is 19.3. The first kappa shape index (κ1) is 18.5. The molecule has 1 saturated carbocycles. The smallest absolute Gasteiger partial charge is 0.387 e. The van der Waals surface area contributed by atoms with Crippen molar-refractivity contribution in [3.63, 3.8) is 0 Å². The Morgan fingerprint density at radius 1 is 1.12 bits per heavy atom. The number of nitrogens with zero attached hydrogens (tertiary/aromatic N) is 2. The molecule has 1 aromatic rings. The van der Waals surface area contributed by atoms with Crippen LogP contribution in [0, 0.1) is 0 Å². The van der Waals surface area contributed by atoms with Gasteiger partial charge in [0.15, 0.2) is 0 Å². The molecule has 140 valence electrons. The number of morpholine rings is 1. The molecule has 6 heteroatoms. The number of benzene rings is 1. The zero-order valence-electron chi connectivity index (χ0n) is 14.7. The van der Waals surface area contributed by atoms with Gasteiger partial charge in [0.25, 0.3) is 0 Å². The van der Waals surface area contributed by atoms with Gasteiger partial charge < -0.3 is 9.47 Å². The van der Waals surface area contributed by atoms with Gasteiger partial charge in [0, 0.05) is 38.8 Å². The van der Waals surface area contributed by atoms with Gasteiger partial charge in [-0.15, -0.1) is 0 Å².